The molecule has 4 atom stereocenters. The maximum atomic E-state index is 13.2. The SMILES string of the molecule is CNC(Cc1ccccc1)C(=O)N1CCC[C@H]1C(=O)NC(C)C(=O)N1CCC[C@H]1B(O)O. The van der Waals surface area contributed by atoms with Crippen LogP contribution in [-0.2, 0) is 20.8 Å². The summed E-state index contributed by atoms with van der Waals surface area (Å²) in [6, 6.07) is 7.83. The van der Waals surface area contributed by atoms with E-state index >= 15 is 0 Å². The molecule has 2 aliphatic rings. The third kappa shape index (κ3) is 5.49. The molecule has 2 unspecified atom stereocenters. The Morgan fingerprint density at radius 3 is 2.38 bits per heavy atom. The minimum atomic E-state index is -1.60. The lowest BCUT2D eigenvalue weighted by Crippen LogP contribution is -2.57. The zero-order valence-electron chi connectivity index (χ0n) is 18.7. The van der Waals surface area contributed by atoms with Crippen molar-refractivity contribution in [2.45, 2.75) is 63.1 Å². The van der Waals surface area contributed by atoms with E-state index in [1.807, 2.05) is 30.3 Å². The Kier molecular flexibility index (Phi) is 8.28. The summed E-state index contributed by atoms with van der Waals surface area (Å²) in [4.78, 5) is 42.0. The van der Waals surface area contributed by atoms with Gasteiger partial charge in [0.05, 0.1) is 12.0 Å². The molecular weight excluding hydrogens is 411 g/mol. The molecule has 1 aromatic carbocycles. The van der Waals surface area contributed by atoms with Crippen LogP contribution in [0.15, 0.2) is 30.3 Å². The van der Waals surface area contributed by atoms with Gasteiger partial charge in [0.25, 0.3) is 0 Å². The Morgan fingerprint density at radius 2 is 1.72 bits per heavy atom. The Balaban J connectivity index is 1.61. The summed E-state index contributed by atoms with van der Waals surface area (Å²) in [5, 5.41) is 24.8. The maximum absolute atomic E-state index is 13.2. The van der Waals surface area contributed by atoms with Crippen LogP contribution >= 0.6 is 0 Å². The van der Waals surface area contributed by atoms with Crippen molar-refractivity contribution < 1.29 is 24.4 Å². The van der Waals surface area contributed by atoms with Crippen LogP contribution in [0.2, 0.25) is 0 Å². The third-order valence-electron chi connectivity index (χ3n) is 6.42. The molecule has 32 heavy (non-hydrogen) atoms. The number of hydrogen-bond donors (Lipinski definition) is 4. The normalized spacial score (nSPS) is 22.5. The van der Waals surface area contributed by atoms with Gasteiger partial charge in [-0.05, 0) is 51.6 Å². The van der Waals surface area contributed by atoms with E-state index in [4.69, 9.17) is 0 Å². The van der Waals surface area contributed by atoms with Crippen molar-refractivity contribution in [1.29, 1.82) is 0 Å². The van der Waals surface area contributed by atoms with Crippen molar-refractivity contribution in [2.24, 2.45) is 0 Å². The van der Waals surface area contributed by atoms with Crippen LogP contribution in [-0.4, -0.2) is 88.9 Å². The Hall–Kier alpha value is -2.43. The van der Waals surface area contributed by atoms with E-state index in [2.05, 4.69) is 10.6 Å². The third-order valence-corrected chi connectivity index (χ3v) is 6.42. The average Bonchev–Trinajstić information content (AvgIpc) is 3.47. The summed E-state index contributed by atoms with van der Waals surface area (Å²) in [7, 11) is 0.134. The van der Waals surface area contributed by atoms with Gasteiger partial charge in [-0.1, -0.05) is 30.3 Å². The van der Waals surface area contributed by atoms with E-state index in [0.717, 1.165) is 12.0 Å². The highest BCUT2D eigenvalue weighted by Crippen LogP contribution is 2.21. The Labute approximate surface area is 189 Å². The van der Waals surface area contributed by atoms with Crippen molar-refractivity contribution in [1.82, 2.24) is 20.4 Å². The summed E-state index contributed by atoms with van der Waals surface area (Å²) >= 11 is 0. The molecule has 10 heteroatoms. The van der Waals surface area contributed by atoms with Gasteiger partial charge < -0.3 is 30.5 Å². The first-order valence-corrected chi connectivity index (χ1v) is 11.3. The number of carbonyl (C=O) groups excluding carboxylic acids is 3. The van der Waals surface area contributed by atoms with Crippen molar-refractivity contribution in [3.63, 3.8) is 0 Å². The highest BCUT2D eigenvalue weighted by molar-refractivity contribution is 6.43. The zero-order valence-corrected chi connectivity index (χ0v) is 18.7. The minimum Gasteiger partial charge on any atom is -0.426 e. The number of likely N-dealkylation sites (tertiary alicyclic amines) is 2. The van der Waals surface area contributed by atoms with E-state index in [-0.39, 0.29) is 17.7 Å². The molecule has 2 aliphatic heterocycles. The van der Waals surface area contributed by atoms with Gasteiger partial charge in [-0.3, -0.25) is 14.4 Å². The second kappa shape index (κ2) is 10.9. The Morgan fingerprint density at radius 1 is 1.06 bits per heavy atom. The molecule has 0 radical (unpaired) electrons. The van der Waals surface area contributed by atoms with E-state index < -0.39 is 31.2 Å². The second-order valence-electron chi connectivity index (χ2n) is 8.61. The summed E-state index contributed by atoms with van der Waals surface area (Å²) in [6.07, 6.45) is 2.99. The molecule has 0 bridgehead atoms. The lowest BCUT2D eigenvalue weighted by molar-refractivity contribution is -0.141. The number of likely N-dealkylation sites (N-methyl/N-ethyl adjacent to an activating group) is 1. The molecule has 3 amide bonds. The molecule has 9 nitrogen and oxygen atoms in total. The topological polar surface area (TPSA) is 122 Å². The van der Waals surface area contributed by atoms with Crippen LogP contribution < -0.4 is 10.6 Å². The van der Waals surface area contributed by atoms with Crippen molar-refractivity contribution in [2.75, 3.05) is 20.1 Å². The number of carbonyl (C=O) groups is 3. The first kappa shape index (κ1) is 24.2. The van der Waals surface area contributed by atoms with Gasteiger partial charge in [-0.25, -0.2) is 0 Å². The van der Waals surface area contributed by atoms with Crippen LogP contribution in [0, 0.1) is 0 Å². The fraction of sp³-hybridized carbons (Fsp3) is 0.591. The number of hydrogen-bond acceptors (Lipinski definition) is 6. The average molecular weight is 444 g/mol. The Bertz CT molecular complexity index is 809. The molecule has 1 aromatic rings. The molecule has 2 fully saturated rings. The van der Waals surface area contributed by atoms with Gasteiger partial charge in [0.2, 0.25) is 17.7 Å². The highest BCUT2D eigenvalue weighted by Gasteiger charge is 2.41. The smallest absolute Gasteiger partial charge is 0.426 e. The number of amides is 3. The predicted octanol–water partition coefficient (Wildman–Crippen LogP) is -0.684. The molecule has 0 spiro atoms. The molecule has 0 saturated carbocycles. The van der Waals surface area contributed by atoms with Gasteiger partial charge in [0, 0.05) is 13.1 Å². The number of nitrogens with one attached hydrogen (secondary N) is 2. The summed E-state index contributed by atoms with van der Waals surface area (Å²) in [5.74, 6) is -1.48. The monoisotopic (exact) mass is 444 g/mol. The van der Waals surface area contributed by atoms with Crippen LogP contribution in [0.5, 0.6) is 0 Å². The fourth-order valence-electron chi connectivity index (χ4n) is 4.66. The maximum Gasteiger partial charge on any atom is 0.475 e. The first-order chi connectivity index (χ1) is 15.3. The van der Waals surface area contributed by atoms with Crippen molar-refractivity contribution in [3.05, 3.63) is 35.9 Å². The summed E-state index contributed by atoms with van der Waals surface area (Å²) in [6.45, 7) is 2.52. The van der Waals surface area contributed by atoms with E-state index in [0.29, 0.717) is 38.8 Å². The molecule has 4 N–H and O–H groups in total. The fourth-order valence-corrected chi connectivity index (χ4v) is 4.66. The van der Waals surface area contributed by atoms with Crippen molar-refractivity contribution in [3.8, 4) is 0 Å². The minimum absolute atomic E-state index is 0.129. The quantitative estimate of drug-likeness (QED) is 0.394. The van der Waals surface area contributed by atoms with Gasteiger partial charge >= 0.3 is 7.12 Å². The van der Waals surface area contributed by atoms with E-state index in [1.165, 1.54) is 4.90 Å². The molecule has 0 aliphatic carbocycles. The van der Waals surface area contributed by atoms with E-state index in [9.17, 15) is 24.4 Å². The molecule has 2 heterocycles. The van der Waals surface area contributed by atoms with Gasteiger partial charge in [-0.15, -0.1) is 0 Å². The van der Waals surface area contributed by atoms with Crippen LogP contribution in [0.4, 0.5) is 0 Å². The molecular formula is C22H33BN4O5. The van der Waals surface area contributed by atoms with Gasteiger partial charge in [0.1, 0.15) is 12.1 Å². The largest absolute Gasteiger partial charge is 0.475 e. The molecule has 2 saturated heterocycles. The van der Waals surface area contributed by atoms with Crippen LogP contribution in [0.25, 0.3) is 0 Å². The second-order valence-corrected chi connectivity index (χ2v) is 8.61. The van der Waals surface area contributed by atoms with Crippen LogP contribution in [0.3, 0.4) is 0 Å². The number of nitrogens with zero attached hydrogens (tertiary/aromatic N) is 2. The van der Waals surface area contributed by atoms with Crippen molar-refractivity contribution >= 4 is 24.8 Å². The summed E-state index contributed by atoms with van der Waals surface area (Å²) in [5.41, 5.74) is 1.03. The lowest BCUT2D eigenvalue weighted by Gasteiger charge is -2.30. The van der Waals surface area contributed by atoms with Crippen LogP contribution in [0.1, 0.15) is 38.2 Å². The first-order valence-electron chi connectivity index (χ1n) is 11.3. The molecule has 3 rings (SSSR count). The van der Waals surface area contributed by atoms with E-state index in [1.54, 1.807) is 18.9 Å². The summed E-state index contributed by atoms with van der Waals surface area (Å²) < 4.78 is 0. The van der Waals surface area contributed by atoms with Gasteiger partial charge in [0.15, 0.2) is 0 Å². The standard InChI is InChI=1S/C22H33BN4O5/c1-15(21(29)27-13-7-11-19(27)23(31)32)25-20(28)18-10-6-12-26(18)22(30)17(24-2)14-16-8-4-3-5-9-16/h3-5,8-9,15,17-19,24,31-32H,6-7,10-14H2,1-2H3,(H,25,28)/t15?,17?,18-,19-/m0/s1. The number of benzene rings is 1. The molecule has 174 valence electrons. The number of rotatable bonds is 8. The molecule has 0 aromatic heterocycles. The predicted molar refractivity (Wildman–Crippen MR) is 120 cm³/mol. The zero-order chi connectivity index (χ0) is 23.3. The van der Waals surface area contributed by atoms with Gasteiger partial charge in [-0.2, -0.15) is 0 Å². The lowest BCUT2D eigenvalue weighted by atomic mass is 9.78. The highest BCUT2D eigenvalue weighted by atomic mass is 16.4.